The van der Waals surface area contributed by atoms with Gasteiger partial charge in [-0.15, -0.1) is 0 Å². The van der Waals surface area contributed by atoms with Crippen molar-refractivity contribution in [3.8, 4) is 0 Å². The number of hydrogen-bond donors (Lipinski definition) is 1. The highest BCUT2D eigenvalue weighted by Crippen LogP contribution is 2.18. The molecule has 0 aromatic heterocycles. The Bertz CT molecular complexity index is 370. The first-order valence-electron chi connectivity index (χ1n) is 4.40. The molecule has 5 heteroatoms. The molecule has 15 heavy (non-hydrogen) atoms. The fourth-order valence-corrected chi connectivity index (χ4v) is 1.65. The molecular formula is C10H12BrFN2O. The number of rotatable bonds is 4. The maximum atomic E-state index is 12.9. The van der Waals surface area contributed by atoms with Crippen LogP contribution in [0, 0.1) is 5.82 Å². The van der Waals surface area contributed by atoms with Gasteiger partial charge in [0, 0.05) is 11.0 Å². The van der Waals surface area contributed by atoms with Crippen LogP contribution in [0.3, 0.4) is 0 Å². The molecule has 1 aromatic carbocycles. The maximum Gasteiger partial charge on any atom is 0.231 e. The maximum absolute atomic E-state index is 12.9. The molecule has 0 heterocycles. The zero-order chi connectivity index (χ0) is 11.4. The van der Waals surface area contributed by atoms with E-state index in [1.54, 1.807) is 18.0 Å². The second kappa shape index (κ2) is 5.23. The lowest BCUT2D eigenvalue weighted by Gasteiger charge is -2.15. The lowest BCUT2D eigenvalue weighted by Crippen LogP contribution is -2.30. The van der Waals surface area contributed by atoms with Crippen LogP contribution in [0.2, 0.25) is 0 Å². The molecule has 0 radical (unpaired) electrons. The van der Waals surface area contributed by atoms with Gasteiger partial charge in [0.15, 0.2) is 0 Å². The van der Waals surface area contributed by atoms with E-state index in [1.165, 1.54) is 12.1 Å². The van der Waals surface area contributed by atoms with Crippen molar-refractivity contribution in [3.05, 3.63) is 34.1 Å². The normalized spacial score (nSPS) is 10.7. The Morgan fingerprint density at radius 1 is 1.60 bits per heavy atom. The van der Waals surface area contributed by atoms with E-state index >= 15 is 0 Å². The topological polar surface area (TPSA) is 46.3 Å². The molecular weight excluding hydrogens is 263 g/mol. The summed E-state index contributed by atoms with van der Waals surface area (Å²) in [7, 11) is 1.75. The Morgan fingerprint density at radius 2 is 2.27 bits per heavy atom. The molecule has 0 spiro atoms. The first-order valence-corrected chi connectivity index (χ1v) is 5.19. The van der Waals surface area contributed by atoms with E-state index in [2.05, 4.69) is 15.9 Å². The lowest BCUT2D eigenvalue weighted by molar-refractivity contribution is -0.118. The van der Waals surface area contributed by atoms with Gasteiger partial charge in [-0.05, 0) is 30.8 Å². The number of benzene rings is 1. The molecule has 82 valence electrons. The first-order chi connectivity index (χ1) is 6.99. The average Bonchev–Trinajstić information content (AvgIpc) is 2.10. The van der Waals surface area contributed by atoms with Crippen molar-refractivity contribution in [2.45, 2.75) is 6.54 Å². The minimum absolute atomic E-state index is 0.156. The SMILES string of the molecule is CN(CC(N)=O)Cc1cc(F)ccc1Br. The summed E-state index contributed by atoms with van der Waals surface area (Å²) in [5.74, 6) is -0.689. The number of carbonyl (C=O) groups is 1. The Labute approximate surface area is 96.2 Å². The van der Waals surface area contributed by atoms with Crippen LogP contribution in [-0.4, -0.2) is 24.4 Å². The van der Waals surface area contributed by atoms with Gasteiger partial charge in [-0.3, -0.25) is 9.69 Å². The van der Waals surface area contributed by atoms with E-state index in [9.17, 15) is 9.18 Å². The van der Waals surface area contributed by atoms with Gasteiger partial charge in [0.25, 0.3) is 0 Å². The summed E-state index contributed by atoms with van der Waals surface area (Å²) < 4.78 is 13.7. The van der Waals surface area contributed by atoms with E-state index < -0.39 is 5.91 Å². The van der Waals surface area contributed by atoms with Gasteiger partial charge in [-0.2, -0.15) is 0 Å². The highest BCUT2D eigenvalue weighted by atomic mass is 79.9. The van der Waals surface area contributed by atoms with Crippen molar-refractivity contribution in [1.82, 2.24) is 4.90 Å². The van der Waals surface area contributed by atoms with Gasteiger partial charge in [0.05, 0.1) is 6.54 Å². The van der Waals surface area contributed by atoms with Crippen LogP contribution in [0.1, 0.15) is 5.56 Å². The van der Waals surface area contributed by atoms with Crippen LogP contribution in [0.4, 0.5) is 4.39 Å². The summed E-state index contributed by atoms with van der Waals surface area (Å²) in [5.41, 5.74) is 5.84. The minimum atomic E-state index is -0.398. The van der Waals surface area contributed by atoms with Gasteiger partial charge >= 0.3 is 0 Å². The predicted octanol–water partition coefficient (Wildman–Crippen LogP) is 1.51. The van der Waals surface area contributed by atoms with Crippen molar-refractivity contribution in [2.24, 2.45) is 5.73 Å². The number of primary amides is 1. The third kappa shape index (κ3) is 3.97. The summed E-state index contributed by atoms with van der Waals surface area (Å²) >= 11 is 3.32. The van der Waals surface area contributed by atoms with Gasteiger partial charge in [-0.25, -0.2) is 4.39 Å². The fourth-order valence-electron chi connectivity index (χ4n) is 1.28. The Kier molecular flexibility index (Phi) is 4.23. The quantitative estimate of drug-likeness (QED) is 0.905. The third-order valence-electron chi connectivity index (χ3n) is 1.87. The van der Waals surface area contributed by atoms with Crippen molar-refractivity contribution < 1.29 is 9.18 Å². The first kappa shape index (κ1) is 12.1. The van der Waals surface area contributed by atoms with Crippen LogP contribution in [0.15, 0.2) is 22.7 Å². The number of hydrogen-bond acceptors (Lipinski definition) is 2. The Morgan fingerprint density at radius 3 is 2.87 bits per heavy atom. The molecule has 0 aliphatic heterocycles. The second-order valence-electron chi connectivity index (χ2n) is 3.37. The standard InChI is InChI=1S/C10H12BrFN2O/c1-14(6-10(13)15)5-7-4-8(12)2-3-9(7)11/h2-4H,5-6H2,1H3,(H2,13,15). The van der Waals surface area contributed by atoms with E-state index in [1.807, 2.05) is 0 Å². The zero-order valence-electron chi connectivity index (χ0n) is 8.34. The van der Waals surface area contributed by atoms with Crippen LogP contribution >= 0.6 is 15.9 Å². The summed E-state index contributed by atoms with van der Waals surface area (Å²) in [6, 6.07) is 4.45. The molecule has 0 atom stereocenters. The van der Waals surface area contributed by atoms with Crippen molar-refractivity contribution in [2.75, 3.05) is 13.6 Å². The molecule has 2 N–H and O–H groups in total. The molecule has 0 unspecified atom stereocenters. The minimum Gasteiger partial charge on any atom is -0.369 e. The predicted molar refractivity (Wildman–Crippen MR) is 59.6 cm³/mol. The second-order valence-corrected chi connectivity index (χ2v) is 4.23. The van der Waals surface area contributed by atoms with Crippen LogP contribution < -0.4 is 5.73 Å². The van der Waals surface area contributed by atoms with E-state index in [-0.39, 0.29) is 12.4 Å². The molecule has 0 aliphatic carbocycles. The molecule has 3 nitrogen and oxygen atoms in total. The smallest absolute Gasteiger partial charge is 0.231 e. The average molecular weight is 275 g/mol. The van der Waals surface area contributed by atoms with E-state index in [4.69, 9.17) is 5.73 Å². The number of nitrogens with two attached hydrogens (primary N) is 1. The van der Waals surface area contributed by atoms with Crippen molar-refractivity contribution in [1.29, 1.82) is 0 Å². The van der Waals surface area contributed by atoms with Crippen molar-refractivity contribution in [3.63, 3.8) is 0 Å². The molecule has 0 aliphatic rings. The number of amides is 1. The van der Waals surface area contributed by atoms with Gasteiger partial charge in [0.2, 0.25) is 5.91 Å². The summed E-state index contributed by atoms with van der Waals surface area (Å²) in [4.78, 5) is 12.4. The number of halogens is 2. The lowest BCUT2D eigenvalue weighted by atomic mass is 10.2. The van der Waals surface area contributed by atoms with Crippen LogP contribution in [0.25, 0.3) is 0 Å². The van der Waals surface area contributed by atoms with Gasteiger partial charge in [0.1, 0.15) is 5.82 Å². The molecule has 0 saturated carbocycles. The monoisotopic (exact) mass is 274 g/mol. The molecule has 0 saturated heterocycles. The largest absolute Gasteiger partial charge is 0.369 e. The highest BCUT2D eigenvalue weighted by Gasteiger charge is 2.07. The Hall–Kier alpha value is -0.940. The number of likely N-dealkylation sites (N-methyl/N-ethyl adjacent to an activating group) is 1. The molecule has 1 amide bonds. The van der Waals surface area contributed by atoms with Crippen LogP contribution in [0.5, 0.6) is 0 Å². The Balaban J connectivity index is 2.71. The molecule has 0 bridgehead atoms. The summed E-state index contributed by atoms with van der Waals surface area (Å²) in [6.45, 7) is 0.629. The van der Waals surface area contributed by atoms with E-state index in [0.29, 0.717) is 6.54 Å². The zero-order valence-corrected chi connectivity index (χ0v) is 9.92. The third-order valence-corrected chi connectivity index (χ3v) is 2.65. The summed E-state index contributed by atoms with van der Waals surface area (Å²) in [5, 5.41) is 0. The van der Waals surface area contributed by atoms with E-state index in [0.717, 1.165) is 10.0 Å². The van der Waals surface area contributed by atoms with Gasteiger partial charge < -0.3 is 5.73 Å². The van der Waals surface area contributed by atoms with Crippen molar-refractivity contribution >= 4 is 21.8 Å². The van der Waals surface area contributed by atoms with Gasteiger partial charge in [-0.1, -0.05) is 15.9 Å². The number of nitrogens with zero attached hydrogens (tertiary/aromatic N) is 1. The highest BCUT2D eigenvalue weighted by molar-refractivity contribution is 9.10. The fraction of sp³-hybridized carbons (Fsp3) is 0.300. The van der Waals surface area contributed by atoms with Crippen LogP contribution in [-0.2, 0) is 11.3 Å². The summed E-state index contributed by atoms with van der Waals surface area (Å²) in [6.07, 6.45) is 0. The molecule has 0 fully saturated rings. The molecule has 1 aromatic rings. The number of carbonyl (C=O) groups excluding carboxylic acids is 1. The molecule has 1 rings (SSSR count).